The van der Waals surface area contributed by atoms with E-state index in [0.29, 0.717) is 6.07 Å². The maximum absolute atomic E-state index is 13.2. The van der Waals surface area contributed by atoms with Crippen LogP contribution in [-0.4, -0.2) is 30.2 Å². The zero-order chi connectivity index (χ0) is 23.7. The summed E-state index contributed by atoms with van der Waals surface area (Å²) in [6.45, 7) is 0.121. The SMILES string of the molecule is Cn1ncc(C(=O)c2ccc(C(F)(F)F)cc2CS(C)(=O)=O)c1OCc1ccc(Br)cc1. The Kier molecular flexibility index (Phi) is 6.80. The summed E-state index contributed by atoms with van der Waals surface area (Å²) in [6.07, 6.45) is -2.55. The number of hydrogen-bond donors (Lipinski definition) is 0. The van der Waals surface area contributed by atoms with Crippen LogP contribution in [0.5, 0.6) is 5.88 Å². The van der Waals surface area contributed by atoms with Crippen molar-refractivity contribution < 1.29 is 31.1 Å². The summed E-state index contributed by atoms with van der Waals surface area (Å²) in [6, 6.07) is 9.72. The number of aryl methyl sites for hydroxylation is 1. The predicted molar refractivity (Wildman–Crippen MR) is 115 cm³/mol. The van der Waals surface area contributed by atoms with Gasteiger partial charge >= 0.3 is 6.18 Å². The zero-order valence-electron chi connectivity index (χ0n) is 17.0. The van der Waals surface area contributed by atoms with Gasteiger partial charge in [0.25, 0.3) is 0 Å². The molecule has 1 aromatic heterocycles. The van der Waals surface area contributed by atoms with Crippen molar-refractivity contribution in [2.75, 3.05) is 6.26 Å². The summed E-state index contributed by atoms with van der Waals surface area (Å²) in [5, 5.41) is 4.02. The molecule has 0 saturated heterocycles. The van der Waals surface area contributed by atoms with Gasteiger partial charge in [0.05, 0.1) is 17.5 Å². The van der Waals surface area contributed by atoms with Crippen LogP contribution in [0, 0.1) is 0 Å². The van der Waals surface area contributed by atoms with Crippen LogP contribution in [-0.2, 0) is 35.4 Å². The normalized spacial score (nSPS) is 12.1. The smallest absolute Gasteiger partial charge is 0.416 e. The van der Waals surface area contributed by atoms with Crippen molar-refractivity contribution in [1.29, 1.82) is 0 Å². The number of ketones is 1. The number of carbonyl (C=O) groups is 1. The van der Waals surface area contributed by atoms with Gasteiger partial charge in [0.15, 0.2) is 15.6 Å². The van der Waals surface area contributed by atoms with Crippen molar-refractivity contribution in [2.45, 2.75) is 18.5 Å². The maximum Gasteiger partial charge on any atom is 0.416 e. The molecule has 0 aliphatic heterocycles. The van der Waals surface area contributed by atoms with Crippen LogP contribution in [0.25, 0.3) is 0 Å². The van der Waals surface area contributed by atoms with Gasteiger partial charge in [-0.1, -0.05) is 34.1 Å². The predicted octanol–water partition coefficient (Wildman–Crippen LogP) is 4.56. The van der Waals surface area contributed by atoms with Gasteiger partial charge in [0.1, 0.15) is 12.2 Å². The topological polar surface area (TPSA) is 78.3 Å². The van der Waals surface area contributed by atoms with Crippen LogP contribution in [0.4, 0.5) is 13.2 Å². The fraction of sp³-hybridized carbons (Fsp3) is 0.238. The minimum absolute atomic E-state index is 0.0131. The summed E-state index contributed by atoms with van der Waals surface area (Å²) in [5.41, 5.74) is -0.607. The lowest BCUT2D eigenvalue weighted by molar-refractivity contribution is -0.137. The van der Waals surface area contributed by atoms with Crippen LogP contribution in [0.1, 0.15) is 32.6 Å². The molecule has 0 spiro atoms. The molecule has 11 heteroatoms. The highest BCUT2D eigenvalue weighted by Crippen LogP contribution is 2.32. The van der Waals surface area contributed by atoms with Crippen molar-refractivity contribution in [1.82, 2.24) is 9.78 Å². The van der Waals surface area contributed by atoms with E-state index in [9.17, 15) is 26.4 Å². The molecule has 0 amide bonds. The third-order valence-electron chi connectivity index (χ3n) is 4.51. The molecule has 170 valence electrons. The molecule has 32 heavy (non-hydrogen) atoms. The number of nitrogens with zero attached hydrogens (tertiary/aromatic N) is 2. The Labute approximate surface area is 191 Å². The van der Waals surface area contributed by atoms with E-state index < -0.39 is 33.1 Å². The van der Waals surface area contributed by atoms with E-state index in [1.807, 2.05) is 24.3 Å². The highest BCUT2D eigenvalue weighted by Gasteiger charge is 2.32. The highest BCUT2D eigenvalue weighted by atomic mass is 79.9. The molecular formula is C21H18BrF3N2O4S. The number of aromatic nitrogens is 2. The van der Waals surface area contributed by atoms with Gasteiger partial charge in [-0.25, -0.2) is 13.1 Å². The van der Waals surface area contributed by atoms with E-state index in [1.165, 1.54) is 10.9 Å². The largest absolute Gasteiger partial charge is 0.472 e. The maximum atomic E-state index is 13.2. The molecule has 0 aliphatic rings. The fourth-order valence-corrected chi connectivity index (χ4v) is 4.09. The van der Waals surface area contributed by atoms with Crippen LogP contribution in [0.3, 0.4) is 0 Å². The van der Waals surface area contributed by atoms with E-state index in [1.54, 1.807) is 7.05 Å². The molecule has 0 bridgehead atoms. The van der Waals surface area contributed by atoms with Crippen LogP contribution in [0.15, 0.2) is 53.1 Å². The Morgan fingerprint density at radius 3 is 2.38 bits per heavy atom. The number of carbonyl (C=O) groups excluding carboxylic acids is 1. The summed E-state index contributed by atoms with van der Waals surface area (Å²) in [7, 11) is -2.15. The number of hydrogen-bond acceptors (Lipinski definition) is 5. The van der Waals surface area contributed by atoms with Gasteiger partial charge in [-0.15, -0.1) is 0 Å². The second-order valence-electron chi connectivity index (χ2n) is 7.17. The van der Waals surface area contributed by atoms with E-state index in [0.717, 1.165) is 28.4 Å². The second-order valence-corrected chi connectivity index (χ2v) is 10.2. The van der Waals surface area contributed by atoms with E-state index in [2.05, 4.69) is 21.0 Å². The first-order valence-electron chi connectivity index (χ1n) is 9.17. The molecule has 0 N–H and O–H groups in total. The number of ether oxygens (including phenoxy) is 1. The first-order chi connectivity index (χ1) is 14.8. The average molecular weight is 531 g/mol. The van der Waals surface area contributed by atoms with Crippen molar-refractivity contribution in [3.05, 3.63) is 81.0 Å². The Balaban J connectivity index is 1.97. The monoisotopic (exact) mass is 530 g/mol. The lowest BCUT2D eigenvalue weighted by Gasteiger charge is -2.13. The number of benzene rings is 2. The summed E-state index contributed by atoms with van der Waals surface area (Å²) < 4.78 is 71.0. The lowest BCUT2D eigenvalue weighted by atomic mass is 9.98. The Morgan fingerprint density at radius 1 is 1.12 bits per heavy atom. The quantitative estimate of drug-likeness (QED) is 0.418. The molecule has 0 fully saturated rings. The summed E-state index contributed by atoms with van der Waals surface area (Å²) in [4.78, 5) is 13.2. The molecule has 0 radical (unpaired) electrons. The molecule has 0 saturated carbocycles. The molecule has 2 aromatic carbocycles. The highest BCUT2D eigenvalue weighted by molar-refractivity contribution is 9.10. The van der Waals surface area contributed by atoms with Crippen molar-refractivity contribution in [3.8, 4) is 5.88 Å². The van der Waals surface area contributed by atoms with Crippen molar-refractivity contribution in [2.24, 2.45) is 7.05 Å². The van der Waals surface area contributed by atoms with Gasteiger partial charge in [-0.2, -0.15) is 18.3 Å². The van der Waals surface area contributed by atoms with Gasteiger partial charge in [0.2, 0.25) is 5.88 Å². The molecule has 0 unspecified atom stereocenters. The summed E-state index contributed by atoms with van der Waals surface area (Å²) >= 11 is 3.34. The minimum Gasteiger partial charge on any atom is -0.472 e. The number of halogens is 4. The van der Waals surface area contributed by atoms with Gasteiger partial charge in [-0.05, 0) is 35.4 Å². The second kappa shape index (κ2) is 9.07. The molecule has 3 rings (SSSR count). The van der Waals surface area contributed by atoms with E-state index >= 15 is 0 Å². The Hall–Kier alpha value is -2.66. The molecule has 0 atom stereocenters. The lowest BCUT2D eigenvalue weighted by Crippen LogP contribution is -2.14. The fourth-order valence-electron chi connectivity index (χ4n) is 3.02. The number of sulfone groups is 1. The molecule has 0 aliphatic carbocycles. The first kappa shape index (κ1) is 24.0. The Bertz CT molecular complexity index is 1250. The average Bonchev–Trinajstić information content (AvgIpc) is 3.05. The number of alkyl halides is 3. The standard InChI is InChI=1S/C21H18BrF3N2O4S/c1-27-20(31-11-13-3-6-16(22)7-4-13)18(10-26-27)19(28)17-8-5-15(21(23,24)25)9-14(17)12-32(2,29)30/h3-10H,11-12H2,1-2H3. The Morgan fingerprint density at radius 2 is 1.78 bits per heavy atom. The third-order valence-corrected chi connectivity index (χ3v) is 5.88. The molecule has 1 heterocycles. The molecular weight excluding hydrogens is 513 g/mol. The van der Waals surface area contributed by atoms with Crippen molar-refractivity contribution in [3.63, 3.8) is 0 Å². The van der Waals surface area contributed by atoms with Crippen LogP contribution in [0.2, 0.25) is 0 Å². The van der Waals surface area contributed by atoms with Crippen LogP contribution >= 0.6 is 15.9 Å². The molecule has 3 aromatic rings. The summed E-state index contributed by atoms with van der Waals surface area (Å²) in [5.74, 6) is -1.28. The van der Waals surface area contributed by atoms with E-state index in [4.69, 9.17) is 4.74 Å². The minimum atomic E-state index is -4.68. The van der Waals surface area contributed by atoms with Gasteiger partial charge in [0, 0.05) is 23.3 Å². The van der Waals surface area contributed by atoms with Crippen molar-refractivity contribution >= 4 is 31.6 Å². The number of rotatable bonds is 7. The van der Waals surface area contributed by atoms with Gasteiger partial charge < -0.3 is 4.74 Å². The first-order valence-corrected chi connectivity index (χ1v) is 12.0. The third kappa shape index (κ3) is 5.77. The zero-order valence-corrected chi connectivity index (χ0v) is 19.4. The molecule has 6 nitrogen and oxygen atoms in total. The van der Waals surface area contributed by atoms with E-state index in [-0.39, 0.29) is 29.2 Å². The van der Waals surface area contributed by atoms with Crippen LogP contribution < -0.4 is 4.74 Å². The van der Waals surface area contributed by atoms with Gasteiger partial charge in [-0.3, -0.25) is 4.79 Å².